The summed E-state index contributed by atoms with van der Waals surface area (Å²) in [5.74, 6) is 0. The second kappa shape index (κ2) is 5.51. The number of hydrogen-bond acceptors (Lipinski definition) is 2. The van der Waals surface area contributed by atoms with E-state index in [0.717, 1.165) is 37.9 Å². The average Bonchev–Trinajstić information content (AvgIpc) is 2.38. The van der Waals surface area contributed by atoms with E-state index in [0.29, 0.717) is 11.1 Å². The number of nitrogens with one attached hydrogen (secondary N) is 1. The molecule has 2 nitrogen and oxygen atoms in total. The second-order valence-electron chi connectivity index (χ2n) is 5.07. The minimum absolute atomic E-state index is 0.0656. The molecule has 0 aromatic heterocycles. The molecule has 0 aliphatic carbocycles. The molecule has 1 aliphatic heterocycles. The van der Waals surface area contributed by atoms with Crippen LogP contribution in [0.3, 0.4) is 0 Å². The van der Waals surface area contributed by atoms with E-state index in [4.69, 9.17) is 0 Å². The van der Waals surface area contributed by atoms with Gasteiger partial charge in [-0.2, -0.15) is 13.2 Å². The lowest BCUT2D eigenvalue weighted by Crippen LogP contribution is -2.39. The van der Waals surface area contributed by atoms with Crippen molar-refractivity contribution in [3.05, 3.63) is 34.9 Å². The quantitative estimate of drug-likeness (QED) is 0.867. The van der Waals surface area contributed by atoms with Crippen molar-refractivity contribution in [1.82, 2.24) is 5.32 Å². The summed E-state index contributed by atoms with van der Waals surface area (Å²) in [6.45, 7) is 2.46. The largest absolute Gasteiger partial charge is 0.416 e. The highest BCUT2D eigenvalue weighted by Gasteiger charge is 2.31. The Labute approximate surface area is 110 Å². The Hall–Kier alpha value is -1.07. The molecular formula is C14H18F3NO. The van der Waals surface area contributed by atoms with E-state index in [9.17, 15) is 18.3 Å². The van der Waals surface area contributed by atoms with Crippen LogP contribution in [-0.4, -0.2) is 17.7 Å². The normalized spacial score (nSPS) is 22.3. The molecule has 0 saturated carbocycles. The Morgan fingerprint density at radius 3 is 2.58 bits per heavy atom. The van der Waals surface area contributed by atoms with Crippen molar-refractivity contribution in [2.24, 2.45) is 0 Å². The van der Waals surface area contributed by atoms with Gasteiger partial charge in [-0.15, -0.1) is 0 Å². The van der Waals surface area contributed by atoms with Gasteiger partial charge in [0.05, 0.1) is 11.7 Å². The van der Waals surface area contributed by atoms with Crippen molar-refractivity contribution in [2.75, 3.05) is 6.54 Å². The number of aryl methyl sites for hydroxylation is 1. The zero-order valence-corrected chi connectivity index (χ0v) is 10.8. The minimum Gasteiger partial charge on any atom is -0.387 e. The summed E-state index contributed by atoms with van der Waals surface area (Å²) in [5.41, 5.74) is 0.389. The van der Waals surface area contributed by atoms with Gasteiger partial charge in [0, 0.05) is 6.04 Å². The number of aliphatic hydroxyl groups excluding tert-OH is 1. The second-order valence-corrected chi connectivity index (χ2v) is 5.07. The minimum atomic E-state index is -4.34. The number of halogens is 3. The maximum absolute atomic E-state index is 12.6. The van der Waals surface area contributed by atoms with Gasteiger partial charge in [0.1, 0.15) is 0 Å². The number of rotatable bonds is 2. The fourth-order valence-corrected chi connectivity index (χ4v) is 2.55. The van der Waals surface area contributed by atoms with Crippen LogP contribution < -0.4 is 5.32 Å². The standard InChI is InChI=1S/C14H18F3NO/c1-9-8-10(14(15,16)17)5-6-11(9)13(19)12-4-2-3-7-18-12/h5-6,8,12-13,18-19H,2-4,7H2,1H3. The molecule has 1 saturated heterocycles. The van der Waals surface area contributed by atoms with Crippen molar-refractivity contribution in [3.63, 3.8) is 0 Å². The summed E-state index contributed by atoms with van der Waals surface area (Å²) in [5, 5.41) is 13.5. The summed E-state index contributed by atoms with van der Waals surface area (Å²) in [6.07, 6.45) is -2.12. The molecule has 1 heterocycles. The van der Waals surface area contributed by atoms with Gasteiger partial charge in [0.15, 0.2) is 0 Å². The van der Waals surface area contributed by atoms with Crippen LogP contribution in [0.25, 0.3) is 0 Å². The first kappa shape index (κ1) is 14.3. The fourth-order valence-electron chi connectivity index (χ4n) is 2.55. The third-order valence-corrected chi connectivity index (χ3v) is 3.65. The monoisotopic (exact) mass is 273 g/mol. The lowest BCUT2D eigenvalue weighted by Gasteiger charge is -2.29. The molecular weight excluding hydrogens is 255 g/mol. The van der Waals surface area contributed by atoms with Crippen molar-refractivity contribution in [1.29, 1.82) is 0 Å². The van der Waals surface area contributed by atoms with E-state index < -0.39 is 17.8 Å². The lowest BCUT2D eigenvalue weighted by atomic mass is 9.91. The van der Waals surface area contributed by atoms with Crippen LogP contribution in [-0.2, 0) is 6.18 Å². The van der Waals surface area contributed by atoms with Crippen LogP contribution in [0.5, 0.6) is 0 Å². The highest BCUT2D eigenvalue weighted by molar-refractivity contribution is 5.34. The lowest BCUT2D eigenvalue weighted by molar-refractivity contribution is -0.137. The molecule has 5 heteroatoms. The van der Waals surface area contributed by atoms with Crippen LogP contribution in [0.15, 0.2) is 18.2 Å². The fraction of sp³-hybridized carbons (Fsp3) is 0.571. The SMILES string of the molecule is Cc1cc(C(F)(F)F)ccc1C(O)C1CCCCN1. The molecule has 0 spiro atoms. The van der Waals surface area contributed by atoms with E-state index in [1.165, 1.54) is 6.07 Å². The maximum atomic E-state index is 12.6. The van der Waals surface area contributed by atoms with Crippen LogP contribution >= 0.6 is 0 Å². The number of benzene rings is 1. The first-order valence-corrected chi connectivity index (χ1v) is 6.49. The van der Waals surface area contributed by atoms with Gasteiger partial charge in [-0.3, -0.25) is 0 Å². The first-order chi connectivity index (χ1) is 8.89. The Morgan fingerprint density at radius 1 is 1.32 bits per heavy atom. The molecule has 1 aliphatic rings. The summed E-state index contributed by atoms with van der Waals surface area (Å²) < 4.78 is 37.7. The molecule has 0 radical (unpaired) electrons. The van der Waals surface area contributed by atoms with Crippen LogP contribution in [0.2, 0.25) is 0 Å². The molecule has 2 unspecified atom stereocenters. The smallest absolute Gasteiger partial charge is 0.387 e. The van der Waals surface area contributed by atoms with Gasteiger partial charge < -0.3 is 10.4 Å². The van der Waals surface area contributed by atoms with E-state index in [1.807, 2.05) is 0 Å². The average molecular weight is 273 g/mol. The van der Waals surface area contributed by atoms with Crippen molar-refractivity contribution >= 4 is 0 Å². The van der Waals surface area contributed by atoms with Gasteiger partial charge in [0.2, 0.25) is 0 Å². The van der Waals surface area contributed by atoms with Gasteiger partial charge >= 0.3 is 6.18 Å². The molecule has 19 heavy (non-hydrogen) atoms. The van der Waals surface area contributed by atoms with Crippen LogP contribution in [0.1, 0.15) is 42.1 Å². The first-order valence-electron chi connectivity index (χ1n) is 6.49. The highest BCUT2D eigenvalue weighted by Crippen LogP contribution is 2.33. The number of alkyl halides is 3. The maximum Gasteiger partial charge on any atom is 0.416 e. The summed E-state index contributed by atoms with van der Waals surface area (Å²) >= 11 is 0. The summed E-state index contributed by atoms with van der Waals surface area (Å²) in [4.78, 5) is 0. The van der Waals surface area contributed by atoms with Gasteiger partial charge in [-0.1, -0.05) is 12.5 Å². The zero-order valence-electron chi connectivity index (χ0n) is 10.8. The molecule has 1 aromatic carbocycles. The van der Waals surface area contributed by atoms with Crippen molar-refractivity contribution in [3.8, 4) is 0 Å². The van der Waals surface area contributed by atoms with Crippen molar-refractivity contribution in [2.45, 2.75) is 44.5 Å². The zero-order chi connectivity index (χ0) is 14.0. The van der Waals surface area contributed by atoms with Crippen molar-refractivity contribution < 1.29 is 18.3 Å². The molecule has 2 N–H and O–H groups in total. The molecule has 0 amide bonds. The Bertz CT molecular complexity index is 439. The highest BCUT2D eigenvalue weighted by atomic mass is 19.4. The summed E-state index contributed by atoms with van der Waals surface area (Å²) in [6, 6.07) is 3.46. The van der Waals surface area contributed by atoms with E-state index in [-0.39, 0.29) is 6.04 Å². The Balaban J connectivity index is 2.20. The van der Waals surface area contributed by atoms with Gasteiger partial charge in [-0.25, -0.2) is 0 Å². The predicted octanol–water partition coefficient (Wildman–Crippen LogP) is 3.19. The third-order valence-electron chi connectivity index (χ3n) is 3.65. The topological polar surface area (TPSA) is 32.3 Å². The number of hydrogen-bond donors (Lipinski definition) is 2. The third kappa shape index (κ3) is 3.28. The van der Waals surface area contributed by atoms with E-state index >= 15 is 0 Å². The molecule has 1 fully saturated rings. The Kier molecular flexibility index (Phi) is 4.16. The van der Waals surface area contributed by atoms with E-state index in [2.05, 4.69) is 5.32 Å². The molecule has 1 aromatic rings. The number of aliphatic hydroxyl groups is 1. The molecule has 106 valence electrons. The molecule has 2 rings (SSSR count). The van der Waals surface area contributed by atoms with Crippen LogP contribution in [0, 0.1) is 6.92 Å². The van der Waals surface area contributed by atoms with Crippen LogP contribution in [0.4, 0.5) is 13.2 Å². The van der Waals surface area contributed by atoms with Gasteiger partial charge in [0.25, 0.3) is 0 Å². The molecule has 0 bridgehead atoms. The number of piperidine rings is 1. The Morgan fingerprint density at radius 2 is 2.05 bits per heavy atom. The van der Waals surface area contributed by atoms with E-state index in [1.54, 1.807) is 6.92 Å². The van der Waals surface area contributed by atoms with Gasteiger partial charge in [-0.05, 0) is 49.6 Å². The molecule has 2 atom stereocenters. The predicted molar refractivity (Wildman–Crippen MR) is 66.8 cm³/mol. The summed E-state index contributed by atoms with van der Waals surface area (Å²) in [7, 11) is 0.